The molecule has 0 saturated carbocycles. The third-order valence-corrected chi connectivity index (χ3v) is 6.15. The molecule has 2 aromatic rings. The molecule has 0 aliphatic carbocycles. The van der Waals surface area contributed by atoms with Crippen molar-refractivity contribution in [3.05, 3.63) is 40.1 Å². The smallest absolute Gasteiger partial charge is 0.278 e. The van der Waals surface area contributed by atoms with Crippen molar-refractivity contribution in [1.29, 1.82) is 0 Å². The molecule has 114 valence electrons. The summed E-state index contributed by atoms with van der Waals surface area (Å²) in [6, 6.07) is 6.40. The number of thiophene rings is 1. The van der Waals surface area contributed by atoms with E-state index in [1.54, 1.807) is 13.8 Å². The van der Waals surface area contributed by atoms with Gasteiger partial charge in [0.05, 0.1) is 5.69 Å². The van der Waals surface area contributed by atoms with Crippen molar-refractivity contribution in [1.82, 2.24) is 0 Å². The van der Waals surface area contributed by atoms with E-state index in [2.05, 4.69) is 4.72 Å². The van der Waals surface area contributed by atoms with E-state index in [0.717, 1.165) is 10.9 Å². The van der Waals surface area contributed by atoms with Gasteiger partial charge in [-0.2, -0.15) is 8.42 Å². The number of benzene rings is 1. The van der Waals surface area contributed by atoms with Crippen molar-refractivity contribution in [2.24, 2.45) is 0 Å². The van der Waals surface area contributed by atoms with E-state index >= 15 is 0 Å². The third kappa shape index (κ3) is 3.42. The highest BCUT2D eigenvalue weighted by Gasteiger charge is 2.23. The van der Waals surface area contributed by atoms with Gasteiger partial charge in [-0.15, -0.1) is 15.2 Å². The first-order valence-corrected chi connectivity index (χ1v) is 9.43. The van der Waals surface area contributed by atoms with Crippen LogP contribution < -0.4 is 4.72 Å². The number of sulfonamides is 1. The molecule has 0 aliphatic rings. The minimum absolute atomic E-state index is 0.0519. The van der Waals surface area contributed by atoms with Gasteiger partial charge in [0.15, 0.2) is 0 Å². The van der Waals surface area contributed by atoms with E-state index in [4.69, 9.17) is 0 Å². The summed E-state index contributed by atoms with van der Waals surface area (Å²) in [6.45, 7) is 3.40. The predicted molar refractivity (Wildman–Crippen MR) is 79.3 cm³/mol. The zero-order valence-electron chi connectivity index (χ0n) is 11.1. The number of para-hydroxylation sites is 1. The van der Waals surface area contributed by atoms with Crippen molar-refractivity contribution in [3.63, 3.8) is 0 Å². The van der Waals surface area contributed by atoms with E-state index in [0.29, 0.717) is 4.88 Å². The van der Waals surface area contributed by atoms with Crippen molar-refractivity contribution >= 4 is 37.3 Å². The quantitative estimate of drug-likeness (QED) is 0.861. The average molecular weight is 349 g/mol. The monoisotopic (exact) mass is 349 g/mol. The van der Waals surface area contributed by atoms with Gasteiger partial charge in [0.1, 0.15) is 9.79 Å². The molecule has 5 nitrogen and oxygen atoms in total. The van der Waals surface area contributed by atoms with Crippen LogP contribution in [0.3, 0.4) is 0 Å². The summed E-state index contributed by atoms with van der Waals surface area (Å²) in [7, 11) is -8.99. The van der Waals surface area contributed by atoms with E-state index in [-0.39, 0.29) is 10.6 Å². The molecule has 1 heterocycles. The molecule has 0 atom stereocenters. The molecule has 21 heavy (non-hydrogen) atoms. The maximum Gasteiger partial charge on any atom is 0.334 e. The topological polar surface area (TPSA) is 80.3 Å². The molecular weight excluding hydrogens is 337 g/mol. The van der Waals surface area contributed by atoms with Crippen LogP contribution in [0.5, 0.6) is 0 Å². The first kappa shape index (κ1) is 15.9. The van der Waals surface area contributed by atoms with Crippen molar-refractivity contribution < 1.29 is 20.7 Å². The fourth-order valence-corrected chi connectivity index (χ4v) is 5.16. The lowest BCUT2D eigenvalue weighted by molar-refractivity contribution is 0.552. The first-order valence-electron chi connectivity index (χ1n) is 5.75. The Morgan fingerprint density at radius 2 is 1.67 bits per heavy atom. The summed E-state index contributed by atoms with van der Waals surface area (Å²) in [5.41, 5.74) is -0.316. The maximum atomic E-state index is 13.2. The zero-order chi connectivity index (χ0) is 15.8. The Bertz CT molecular complexity index is 885. The van der Waals surface area contributed by atoms with E-state index < -0.39 is 25.1 Å². The van der Waals surface area contributed by atoms with E-state index in [1.165, 1.54) is 35.6 Å². The fraction of sp³-hybridized carbons (Fsp3) is 0.167. The summed E-state index contributed by atoms with van der Waals surface area (Å²) in [6.07, 6.45) is 0. The van der Waals surface area contributed by atoms with Crippen LogP contribution in [-0.2, 0) is 20.2 Å². The summed E-state index contributed by atoms with van der Waals surface area (Å²) in [4.78, 5) is 0.717. The number of aryl methyl sites for hydroxylation is 2. The lowest BCUT2D eigenvalue weighted by Crippen LogP contribution is -2.15. The number of anilines is 1. The molecule has 0 bridgehead atoms. The standard InChI is InChI=1S/C12H12FNO4S3/c1-8-7-12(9(2)19-8)21(17,18)14-10-5-3-4-6-11(10)20(13,15)16/h3-7,14H,1-2H3. The van der Waals surface area contributed by atoms with Gasteiger partial charge in [-0.1, -0.05) is 12.1 Å². The number of rotatable bonds is 4. The van der Waals surface area contributed by atoms with Crippen LogP contribution >= 0.6 is 11.3 Å². The highest BCUT2D eigenvalue weighted by molar-refractivity contribution is 7.93. The molecule has 2 rings (SSSR count). The molecule has 0 spiro atoms. The van der Waals surface area contributed by atoms with Crippen molar-refractivity contribution in [2.75, 3.05) is 4.72 Å². The van der Waals surface area contributed by atoms with Gasteiger partial charge < -0.3 is 0 Å². The summed E-state index contributed by atoms with van der Waals surface area (Å²) in [5, 5.41) is 0. The Kier molecular flexibility index (Phi) is 4.09. The van der Waals surface area contributed by atoms with Crippen LogP contribution in [0, 0.1) is 13.8 Å². The van der Waals surface area contributed by atoms with Crippen LogP contribution in [0.4, 0.5) is 9.57 Å². The minimum atomic E-state index is -5.02. The average Bonchev–Trinajstić information content (AvgIpc) is 2.68. The molecule has 0 aliphatic heterocycles. The lowest BCUT2D eigenvalue weighted by atomic mass is 10.3. The van der Waals surface area contributed by atoms with Gasteiger partial charge in [-0.05, 0) is 32.0 Å². The Morgan fingerprint density at radius 3 is 2.19 bits per heavy atom. The molecule has 0 radical (unpaired) electrons. The van der Waals surface area contributed by atoms with Gasteiger partial charge in [0.2, 0.25) is 0 Å². The second-order valence-corrected chi connectivity index (χ2v) is 8.74. The number of nitrogens with one attached hydrogen (secondary N) is 1. The largest absolute Gasteiger partial charge is 0.334 e. The molecule has 9 heteroatoms. The molecule has 1 aromatic carbocycles. The summed E-state index contributed by atoms with van der Waals surface area (Å²) in [5.74, 6) is 0. The van der Waals surface area contributed by atoms with Crippen LogP contribution in [-0.4, -0.2) is 16.8 Å². The predicted octanol–water partition coefficient (Wildman–Crippen LogP) is 2.82. The normalized spacial score (nSPS) is 12.3. The van der Waals surface area contributed by atoms with Crippen LogP contribution in [0.1, 0.15) is 9.75 Å². The third-order valence-electron chi connectivity index (χ3n) is 2.68. The number of hydrogen-bond acceptors (Lipinski definition) is 5. The van der Waals surface area contributed by atoms with E-state index in [9.17, 15) is 20.7 Å². The molecule has 0 saturated heterocycles. The second kappa shape index (κ2) is 5.39. The molecule has 0 unspecified atom stereocenters. The molecule has 0 amide bonds. The molecular formula is C12H12FNO4S3. The second-order valence-electron chi connectivity index (χ2n) is 4.32. The lowest BCUT2D eigenvalue weighted by Gasteiger charge is -2.10. The Morgan fingerprint density at radius 1 is 1.05 bits per heavy atom. The highest BCUT2D eigenvalue weighted by atomic mass is 32.3. The highest BCUT2D eigenvalue weighted by Crippen LogP contribution is 2.29. The van der Waals surface area contributed by atoms with Crippen LogP contribution in [0.2, 0.25) is 0 Å². The molecule has 1 N–H and O–H groups in total. The zero-order valence-corrected chi connectivity index (χ0v) is 13.6. The van der Waals surface area contributed by atoms with Gasteiger partial charge in [0, 0.05) is 9.75 Å². The van der Waals surface area contributed by atoms with E-state index in [1.807, 2.05) is 0 Å². The van der Waals surface area contributed by atoms with Gasteiger partial charge in [-0.3, -0.25) is 4.72 Å². The molecule has 0 fully saturated rings. The van der Waals surface area contributed by atoms with Crippen molar-refractivity contribution in [2.45, 2.75) is 23.6 Å². The fourth-order valence-electron chi connectivity index (χ4n) is 1.84. The van der Waals surface area contributed by atoms with Gasteiger partial charge in [-0.25, -0.2) is 8.42 Å². The maximum absolute atomic E-state index is 13.2. The molecule has 1 aromatic heterocycles. The first-order chi connectivity index (χ1) is 9.61. The van der Waals surface area contributed by atoms with Crippen LogP contribution in [0.25, 0.3) is 0 Å². The summed E-state index contributed by atoms with van der Waals surface area (Å²) < 4.78 is 62.0. The number of halogens is 1. The number of hydrogen-bond donors (Lipinski definition) is 1. The Balaban J connectivity index is 2.50. The van der Waals surface area contributed by atoms with Gasteiger partial charge >= 0.3 is 10.2 Å². The SMILES string of the molecule is Cc1cc(S(=O)(=O)Nc2ccccc2S(=O)(=O)F)c(C)s1. The Labute approximate surface area is 126 Å². The summed E-state index contributed by atoms with van der Waals surface area (Å²) >= 11 is 1.30. The van der Waals surface area contributed by atoms with Crippen LogP contribution in [0.15, 0.2) is 40.1 Å². The minimum Gasteiger partial charge on any atom is -0.278 e. The Hall–Kier alpha value is -1.45. The van der Waals surface area contributed by atoms with Gasteiger partial charge in [0.25, 0.3) is 10.0 Å². The van der Waals surface area contributed by atoms with Crippen molar-refractivity contribution in [3.8, 4) is 0 Å².